The average Bonchev–Trinajstić information content (AvgIpc) is 3.13. The first-order valence-electron chi connectivity index (χ1n) is 17.7. The number of rotatable bonds is 13. The van der Waals surface area contributed by atoms with Gasteiger partial charge in [0.15, 0.2) is 5.69 Å². The van der Waals surface area contributed by atoms with Gasteiger partial charge in [0, 0.05) is 64.2 Å². The molecule has 3 saturated heterocycles. The number of amides is 3. The molecule has 278 valence electrons. The van der Waals surface area contributed by atoms with Crippen molar-refractivity contribution < 1.29 is 28.2 Å². The Morgan fingerprint density at radius 1 is 0.981 bits per heavy atom. The topological polar surface area (TPSA) is 188 Å². The van der Waals surface area contributed by atoms with Crippen molar-refractivity contribution in [3.05, 3.63) is 93.4 Å². The van der Waals surface area contributed by atoms with Crippen molar-refractivity contribution in [2.75, 3.05) is 96.0 Å². The summed E-state index contributed by atoms with van der Waals surface area (Å²) in [6, 6.07) is 13.3. The van der Waals surface area contributed by atoms with Gasteiger partial charge in [0.25, 0.3) is 17.4 Å². The summed E-state index contributed by atoms with van der Waals surface area (Å²) >= 11 is 0. The van der Waals surface area contributed by atoms with Gasteiger partial charge in [0.05, 0.1) is 72.6 Å². The molecule has 4 aromatic rings. The first kappa shape index (κ1) is 35.9. The zero-order chi connectivity index (χ0) is 37.0. The maximum Gasteiger partial charge on any atom is 0.272 e. The molecule has 3 fully saturated rings. The van der Waals surface area contributed by atoms with Gasteiger partial charge in [0.2, 0.25) is 5.91 Å². The highest BCUT2D eigenvalue weighted by molar-refractivity contribution is 5.97. The van der Waals surface area contributed by atoms with Gasteiger partial charge in [-0.2, -0.15) is 5.10 Å². The minimum atomic E-state index is -0.627. The molecule has 0 aliphatic carbocycles. The number of fused-ring (bicyclic) bond motifs is 1. The van der Waals surface area contributed by atoms with Crippen molar-refractivity contribution in [3.8, 4) is 0 Å². The number of H-pyrrole nitrogens is 1. The van der Waals surface area contributed by atoms with E-state index in [4.69, 9.17) is 15.2 Å². The Balaban J connectivity index is 0.782. The lowest BCUT2D eigenvalue weighted by atomic mass is 9.78. The highest BCUT2D eigenvalue weighted by atomic mass is 19.1. The number of nitrogens with two attached hydrogens (primary N) is 1. The molecule has 3 aliphatic heterocycles. The lowest BCUT2D eigenvalue weighted by molar-refractivity contribution is -0.131. The molecule has 3 amide bonds. The lowest BCUT2D eigenvalue weighted by Gasteiger charge is -2.55. The Morgan fingerprint density at radius 2 is 1.72 bits per heavy atom. The Hall–Kier alpha value is -5.45. The summed E-state index contributed by atoms with van der Waals surface area (Å²) in [6.07, 6.45) is 1.97. The number of carbonyl (C=O) groups excluding carboxylic acids is 3. The standard InChI is InChI=1S/C37H42FN9O6/c38-29-6-5-24(16-31-26-3-1-2-4-27(26)34(49)44-43-31)15-28(29)36(51)46-11-9-45(10-12-46)32(48)19-40-7-13-52-14-8-41-35(50)33-30(39)17-25(18-42-33)47-20-37(21-47)22-53-23-37/h1-6,15,17-18,40H,7-14,16,19-23,39H2,(H,41,50)(H,44,49). The lowest BCUT2D eigenvalue weighted by Crippen LogP contribution is -2.66. The molecule has 3 aliphatic rings. The van der Waals surface area contributed by atoms with Crippen molar-refractivity contribution in [2.45, 2.75) is 6.42 Å². The number of hydrogen-bond acceptors (Lipinski definition) is 11. The van der Waals surface area contributed by atoms with Crippen LogP contribution >= 0.6 is 0 Å². The van der Waals surface area contributed by atoms with E-state index in [9.17, 15) is 23.6 Å². The Bertz CT molecular complexity index is 2060. The summed E-state index contributed by atoms with van der Waals surface area (Å²) in [4.78, 5) is 60.5. The van der Waals surface area contributed by atoms with Gasteiger partial charge in [-0.3, -0.25) is 19.2 Å². The van der Waals surface area contributed by atoms with E-state index in [2.05, 4.69) is 30.7 Å². The second kappa shape index (κ2) is 15.7. The number of carbonyl (C=O) groups is 3. The fraction of sp³-hybridized carbons (Fsp3) is 0.405. The van der Waals surface area contributed by atoms with Crippen LogP contribution in [0, 0.1) is 11.2 Å². The minimum absolute atomic E-state index is 0.0489. The van der Waals surface area contributed by atoms with Gasteiger partial charge >= 0.3 is 0 Å². The van der Waals surface area contributed by atoms with Crippen LogP contribution in [0.5, 0.6) is 0 Å². The number of aromatic amines is 1. The number of nitrogens with one attached hydrogen (secondary N) is 3. The van der Waals surface area contributed by atoms with Crippen molar-refractivity contribution in [1.82, 2.24) is 35.6 Å². The number of pyridine rings is 1. The molecule has 16 heteroatoms. The fourth-order valence-corrected chi connectivity index (χ4v) is 6.90. The van der Waals surface area contributed by atoms with Gasteiger partial charge in [-0.1, -0.05) is 24.3 Å². The molecule has 15 nitrogen and oxygen atoms in total. The molecule has 0 saturated carbocycles. The van der Waals surface area contributed by atoms with E-state index >= 15 is 0 Å². The molecule has 53 heavy (non-hydrogen) atoms. The van der Waals surface area contributed by atoms with Crippen LogP contribution in [0.25, 0.3) is 10.8 Å². The number of nitrogen functional groups attached to an aromatic ring is 1. The quantitative estimate of drug-likeness (QED) is 0.143. The molecule has 2 aromatic carbocycles. The summed E-state index contributed by atoms with van der Waals surface area (Å²) in [6.45, 7) is 5.99. The van der Waals surface area contributed by atoms with Crippen LogP contribution in [-0.4, -0.2) is 128 Å². The molecule has 0 radical (unpaired) electrons. The van der Waals surface area contributed by atoms with Crippen LogP contribution in [0.2, 0.25) is 0 Å². The number of nitrogens with zero attached hydrogens (tertiary/aromatic N) is 5. The van der Waals surface area contributed by atoms with Gasteiger partial charge in [-0.25, -0.2) is 14.5 Å². The fourth-order valence-electron chi connectivity index (χ4n) is 6.90. The largest absolute Gasteiger partial charge is 0.397 e. The van der Waals surface area contributed by atoms with Crippen LogP contribution in [0.3, 0.4) is 0 Å². The zero-order valence-electron chi connectivity index (χ0n) is 29.2. The molecule has 5 heterocycles. The summed E-state index contributed by atoms with van der Waals surface area (Å²) in [5.41, 5.74) is 8.73. The predicted molar refractivity (Wildman–Crippen MR) is 194 cm³/mol. The average molecular weight is 728 g/mol. The summed E-state index contributed by atoms with van der Waals surface area (Å²) in [5, 5.41) is 13.7. The molecular weight excluding hydrogens is 685 g/mol. The third-order valence-electron chi connectivity index (χ3n) is 9.91. The van der Waals surface area contributed by atoms with E-state index < -0.39 is 11.7 Å². The maximum atomic E-state index is 14.9. The van der Waals surface area contributed by atoms with Gasteiger partial charge in [-0.15, -0.1) is 0 Å². The van der Waals surface area contributed by atoms with E-state index in [1.54, 1.807) is 40.3 Å². The molecule has 7 rings (SSSR count). The van der Waals surface area contributed by atoms with Crippen molar-refractivity contribution in [3.63, 3.8) is 0 Å². The molecular formula is C37H42FN9O6. The third kappa shape index (κ3) is 7.99. The Labute approximate surface area is 304 Å². The SMILES string of the molecule is Nc1cc(N2CC3(COC3)C2)cnc1C(=O)NCCOCCNCC(=O)N1CCN(C(=O)c2cc(Cc3n[nH]c(=O)c4ccccc34)ccc2F)CC1. The second-order valence-electron chi connectivity index (χ2n) is 13.7. The van der Waals surface area contributed by atoms with Crippen molar-refractivity contribution in [2.24, 2.45) is 5.41 Å². The zero-order valence-corrected chi connectivity index (χ0v) is 29.2. The summed E-state index contributed by atoms with van der Waals surface area (Å²) in [5.74, 6) is -1.56. The molecule has 0 bridgehead atoms. The third-order valence-corrected chi connectivity index (χ3v) is 9.91. The minimum Gasteiger partial charge on any atom is -0.397 e. The van der Waals surface area contributed by atoms with E-state index in [0.717, 1.165) is 32.0 Å². The molecule has 0 atom stereocenters. The second-order valence-corrected chi connectivity index (χ2v) is 13.7. The first-order valence-corrected chi connectivity index (χ1v) is 17.7. The van der Waals surface area contributed by atoms with Crippen molar-refractivity contribution in [1.29, 1.82) is 0 Å². The number of piperazine rings is 1. The first-order chi connectivity index (χ1) is 25.7. The maximum absolute atomic E-state index is 14.9. The molecule has 0 unspecified atom stereocenters. The number of anilines is 2. The summed E-state index contributed by atoms with van der Waals surface area (Å²) in [7, 11) is 0. The van der Waals surface area contributed by atoms with Gasteiger partial charge < -0.3 is 40.5 Å². The normalized spacial score (nSPS) is 16.4. The number of hydrogen-bond donors (Lipinski definition) is 4. The van der Waals surface area contributed by atoms with E-state index in [1.165, 1.54) is 12.1 Å². The van der Waals surface area contributed by atoms with E-state index in [-0.39, 0.29) is 66.8 Å². The smallest absolute Gasteiger partial charge is 0.272 e. The van der Waals surface area contributed by atoms with Crippen LogP contribution in [0.1, 0.15) is 32.1 Å². The van der Waals surface area contributed by atoms with Crippen molar-refractivity contribution >= 4 is 39.9 Å². The van der Waals surface area contributed by atoms with Gasteiger partial charge in [0.1, 0.15) is 5.82 Å². The van der Waals surface area contributed by atoms with Crippen LogP contribution < -0.4 is 26.8 Å². The van der Waals surface area contributed by atoms with Crippen LogP contribution in [0.4, 0.5) is 15.8 Å². The highest BCUT2D eigenvalue weighted by Crippen LogP contribution is 2.40. The molecule has 5 N–H and O–H groups in total. The monoisotopic (exact) mass is 727 g/mol. The Kier molecular flexibility index (Phi) is 10.6. The van der Waals surface area contributed by atoms with Crippen LogP contribution in [-0.2, 0) is 20.7 Å². The summed E-state index contributed by atoms with van der Waals surface area (Å²) < 4.78 is 25.8. The number of ether oxygens (including phenoxy) is 2. The molecule has 2 aromatic heterocycles. The predicted octanol–water partition coefficient (Wildman–Crippen LogP) is 0.787. The van der Waals surface area contributed by atoms with Crippen LogP contribution in [0.15, 0.2) is 59.5 Å². The highest BCUT2D eigenvalue weighted by Gasteiger charge is 2.49. The Morgan fingerprint density at radius 3 is 2.45 bits per heavy atom. The van der Waals surface area contributed by atoms with E-state index in [0.29, 0.717) is 60.4 Å². The van der Waals surface area contributed by atoms with E-state index in [1.807, 2.05) is 12.1 Å². The number of halogens is 1. The number of aromatic nitrogens is 3. The number of benzene rings is 2. The van der Waals surface area contributed by atoms with Gasteiger partial charge in [-0.05, 0) is 29.8 Å². The molecule has 1 spiro atoms.